The summed E-state index contributed by atoms with van der Waals surface area (Å²) in [5, 5.41) is 5.73. The molecule has 1 aromatic rings. The highest BCUT2D eigenvalue weighted by Gasteiger charge is 2.22. The highest BCUT2D eigenvalue weighted by Crippen LogP contribution is 2.26. The minimum atomic E-state index is -0.474. The van der Waals surface area contributed by atoms with Crippen LogP contribution in [0.15, 0.2) is 18.2 Å². The van der Waals surface area contributed by atoms with Crippen LogP contribution in [0.4, 0.5) is 5.69 Å². The SMILES string of the molecule is CNC(C(=O)OC)c1ccc2c(c1)CCC(=O)N2. The van der Waals surface area contributed by atoms with E-state index in [0.29, 0.717) is 12.8 Å². The van der Waals surface area contributed by atoms with E-state index < -0.39 is 6.04 Å². The van der Waals surface area contributed by atoms with E-state index >= 15 is 0 Å². The molecule has 1 unspecified atom stereocenters. The van der Waals surface area contributed by atoms with Crippen molar-refractivity contribution < 1.29 is 14.3 Å². The summed E-state index contributed by atoms with van der Waals surface area (Å²) in [6.45, 7) is 0. The number of rotatable bonds is 3. The van der Waals surface area contributed by atoms with Crippen LogP contribution in [0.3, 0.4) is 0 Å². The molecule has 5 nitrogen and oxygen atoms in total. The average molecular weight is 248 g/mol. The second-order valence-corrected chi connectivity index (χ2v) is 4.21. The standard InChI is InChI=1S/C13H16N2O3/c1-14-12(13(17)18-2)9-3-5-10-8(7-9)4-6-11(16)15-10/h3,5,7,12,14H,4,6H2,1-2H3,(H,15,16). The maximum absolute atomic E-state index is 11.6. The molecule has 1 atom stereocenters. The Morgan fingerprint density at radius 3 is 2.89 bits per heavy atom. The van der Waals surface area contributed by atoms with E-state index in [0.717, 1.165) is 16.8 Å². The van der Waals surface area contributed by atoms with Gasteiger partial charge in [-0.05, 0) is 30.7 Å². The van der Waals surface area contributed by atoms with E-state index in [-0.39, 0.29) is 11.9 Å². The van der Waals surface area contributed by atoms with Gasteiger partial charge in [-0.25, -0.2) is 4.79 Å². The Morgan fingerprint density at radius 1 is 1.44 bits per heavy atom. The summed E-state index contributed by atoms with van der Waals surface area (Å²) in [6.07, 6.45) is 1.19. The van der Waals surface area contributed by atoms with Gasteiger partial charge in [0.25, 0.3) is 0 Å². The van der Waals surface area contributed by atoms with Crippen molar-refractivity contribution in [2.24, 2.45) is 0 Å². The van der Waals surface area contributed by atoms with Crippen LogP contribution in [-0.2, 0) is 20.7 Å². The Kier molecular flexibility index (Phi) is 3.62. The molecule has 1 heterocycles. The van der Waals surface area contributed by atoms with Crippen molar-refractivity contribution >= 4 is 17.6 Å². The van der Waals surface area contributed by atoms with Crippen LogP contribution in [0.5, 0.6) is 0 Å². The van der Waals surface area contributed by atoms with Crippen LogP contribution >= 0.6 is 0 Å². The Morgan fingerprint density at radius 2 is 2.22 bits per heavy atom. The molecule has 18 heavy (non-hydrogen) atoms. The van der Waals surface area contributed by atoms with Gasteiger partial charge in [-0.3, -0.25) is 4.79 Å². The number of likely N-dealkylation sites (N-methyl/N-ethyl adjacent to an activating group) is 1. The number of amides is 1. The van der Waals surface area contributed by atoms with Crippen molar-refractivity contribution in [3.8, 4) is 0 Å². The van der Waals surface area contributed by atoms with E-state index in [1.165, 1.54) is 7.11 Å². The molecular formula is C13H16N2O3. The molecule has 0 fully saturated rings. The molecule has 1 amide bonds. The monoisotopic (exact) mass is 248 g/mol. The number of carbonyl (C=O) groups is 2. The molecule has 0 radical (unpaired) electrons. The lowest BCUT2D eigenvalue weighted by molar-refractivity contribution is -0.143. The molecule has 1 aliphatic rings. The fraction of sp³-hybridized carbons (Fsp3) is 0.385. The minimum Gasteiger partial charge on any atom is -0.468 e. The van der Waals surface area contributed by atoms with Gasteiger partial charge in [-0.2, -0.15) is 0 Å². The van der Waals surface area contributed by atoms with Crippen molar-refractivity contribution in [3.63, 3.8) is 0 Å². The third-order valence-corrected chi connectivity index (χ3v) is 3.08. The van der Waals surface area contributed by atoms with Gasteiger partial charge in [0.15, 0.2) is 0 Å². The van der Waals surface area contributed by atoms with Crippen LogP contribution in [-0.4, -0.2) is 26.0 Å². The van der Waals surface area contributed by atoms with Crippen LogP contribution in [0.25, 0.3) is 0 Å². The van der Waals surface area contributed by atoms with E-state index in [1.807, 2.05) is 18.2 Å². The lowest BCUT2D eigenvalue weighted by atomic mass is 9.97. The summed E-state index contributed by atoms with van der Waals surface area (Å²) in [6, 6.07) is 5.11. The normalized spacial score (nSPS) is 15.6. The number of hydrogen-bond donors (Lipinski definition) is 2. The van der Waals surface area contributed by atoms with Crippen molar-refractivity contribution in [2.45, 2.75) is 18.9 Å². The Labute approximate surface area is 106 Å². The number of carbonyl (C=O) groups excluding carboxylic acids is 2. The lowest BCUT2D eigenvalue weighted by Crippen LogP contribution is -2.27. The minimum absolute atomic E-state index is 0.0355. The molecule has 96 valence electrons. The van der Waals surface area contributed by atoms with Gasteiger partial charge in [-0.1, -0.05) is 12.1 Å². The first-order valence-corrected chi connectivity index (χ1v) is 5.83. The van der Waals surface area contributed by atoms with Gasteiger partial charge in [0.05, 0.1) is 7.11 Å². The first-order valence-electron chi connectivity index (χ1n) is 5.83. The zero-order chi connectivity index (χ0) is 13.1. The number of aryl methyl sites for hydroxylation is 1. The molecule has 0 saturated heterocycles. The molecule has 0 bridgehead atoms. The topological polar surface area (TPSA) is 67.4 Å². The maximum Gasteiger partial charge on any atom is 0.327 e. The van der Waals surface area contributed by atoms with E-state index in [2.05, 4.69) is 10.6 Å². The van der Waals surface area contributed by atoms with Gasteiger partial charge < -0.3 is 15.4 Å². The molecule has 1 aromatic carbocycles. The molecule has 0 aliphatic carbocycles. The second-order valence-electron chi connectivity index (χ2n) is 4.21. The first kappa shape index (κ1) is 12.6. The summed E-state index contributed by atoms with van der Waals surface area (Å²) < 4.78 is 4.75. The number of fused-ring (bicyclic) bond motifs is 1. The average Bonchev–Trinajstić information content (AvgIpc) is 2.39. The number of methoxy groups -OCH3 is 1. The smallest absolute Gasteiger partial charge is 0.327 e. The molecule has 5 heteroatoms. The second kappa shape index (κ2) is 5.18. The van der Waals surface area contributed by atoms with Crippen molar-refractivity contribution in [3.05, 3.63) is 29.3 Å². The summed E-state index contributed by atoms with van der Waals surface area (Å²) in [7, 11) is 3.08. The predicted octanol–water partition coefficient (Wildman–Crippen LogP) is 1.00. The van der Waals surface area contributed by atoms with Gasteiger partial charge in [0.1, 0.15) is 6.04 Å². The summed E-state index contributed by atoms with van der Waals surface area (Å²) in [5.41, 5.74) is 2.73. The third kappa shape index (κ3) is 2.36. The number of hydrogen-bond acceptors (Lipinski definition) is 4. The van der Waals surface area contributed by atoms with Gasteiger partial charge in [-0.15, -0.1) is 0 Å². The number of nitrogens with one attached hydrogen (secondary N) is 2. The number of esters is 1. The summed E-state index contributed by atoms with van der Waals surface area (Å²) in [5.74, 6) is -0.286. The molecule has 0 saturated carbocycles. The molecular weight excluding hydrogens is 232 g/mol. The van der Waals surface area contributed by atoms with Gasteiger partial charge >= 0.3 is 5.97 Å². The van der Waals surface area contributed by atoms with Crippen molar-refractivity contribution in [2.75, 3.05) is 19.5 Å². The zero-order valence-corrected chi connectivity index (χ0v) is 10.4. The highest BCUT2D eigenvalue weighted by molar-refractivity contribution is 5.94. The third-order valence-electron chi connectivity index (χ3n) is 3.08. The van der Waals surface area contributed by atoms with Crippen LogP contribution < -0.4 is 10.6 Å². The Bertz CT molecular complexity index is 485. The molecule has 0 spiro atoms. The zero-order valence-electron chi connectivity index (χ0n) is 10.4. The van der Waals surface area contributed by atoms with Gasteiger partial charge in [0.2, 0.25) is 5.91 Å². The summed E-state index contributed by atoms with van der Waals surface area (Å²) >= 11 is 0. The maximum atomic E-state index is 11.6. The number of ether oxygens (including phenoxy) is 1. The van der Waals surface area contributed by atoms with Crippen LogP contribution in [0, 0.1) is 0 Å². The Balaban J connectivity index is 2.30. The largest absolute Gasteiger partial charge is 0.468 e. The van der Waals surface area contributed by atoms with E-state index in [1.54, 1.807) is 7.05 Å². The number of anilines is 1. The fourth-order valence-electron chi connectivity index (χ4n) is 2.12. The van der Waals surface area contributed by atoms with Crippen LogP contribution in [0.2, 0.25) is 0 Å². The first-order chi connectivity index (χ1) is 8.65. The Hall–Kier alpha value is -1.88. The van der Waals surface area contributed by atoms with Crippen LogP contribution in [0.1, 0.15) is 23.6 Å². The highest BCUT2D eigenvalue weighted by atomic mass is 16.5. The van der Waals surface area contributed by atoms with Gasteiger partial charge in [0, 0.05) is 12.1 Å². The summed E-state index contributed by atoms with van der Waals surface area (Å²) in [4.78, 5) is 22.9. The molecule has 2 N–H and O–H groups in total. The predicted molar refractivity (Wildman–Crippen MR) is 67.2 cm³/mol. The van der Waals surface area contributed by atoms with Crippen molar-refractivity contribution in [1.82, 2.24) is 5.32 Å². The lowest BCUT2D eigenvalue weighted by Gasteiger charge is -2.20. The van der Waals surface area contributed by atoms with Crippen molar-refractivity contribution in [1.29, 1.82) is 0 Å². The van der Waals surface area contributed by atoms with E-state index in [9.17, 15) is 9.59 Å². The molecule has 2 rings (SSSR count). The quantitative estimate of drug-likeness (QED) is 0.783. The fourth-order valence-corrected chi connectivity index (χ4v) is 2.12. The number of benzene rings is 1. The molecule has 0 aromatic heterocycles. The van der Waals surface area contributed by atoms with E-state index in [4.69, 9.17) is 4.74 Å². The molecule has 1 aliphatic heterocycles.